The van der Waals surface area contributed by atoms with Gasteiger partial charge in [-0.2, -0.15) is 0 Å². The lowest BCUT2D eigenvalue weighted by Gasteiger charge is -2.28. The molecule has 0 aliphatic rings. The summed E-state index contributed by atoms with van der Waals surface area (Å²) in [6, 6.07) is 6.78. The first kappa shape index (κ1) is 18.0. The fourth-order valence-corrected chi connectivity index (χ4v) is 2.04. The van der Waals surface area contributed by atoms with Crippen molar-refractivity contribution in [2.45, 2.75) is 32.9 Å². The van der Waals surface area contributed by atoms with Crippen LogP contribution in [0.2, 0.25) is 0 Å². The number of aliphatic hydroxyl groups is 1. The van der Waals surface area contributed by atoms with Crippen molar-refractivity contribution in [2.75, 3.05) is 20.3 Å². The van der Waals surface area contributed by atoms with Crippen LogP contribution >= 0.6 is 0 Å². The van der Waals surface area contributed by atoms with E-state index in [9.17, 15) is 9.59 Å². The molecule has 0 aliphatic heterocycles. The maximum atomic E-state index is 12.1. The first-order valence-electron chi connectivity index (χ1n) is 7.34. The molecule has 1 aromatic rings. The summed E-state index contributed by atoms with van der Waals surface area (Å²) < 4.78 is 5.10. The van der Waals surface area contributed by atoms with E-state index < -0.39 is 6.04 Å². The topological polar surface area (TPSA) is 78.9 Å². The van der Waals surface area contributed by atoms with Crippen molar-refractivity contribution in [3.8, 4) is 5.75 Å². The number of carbonyl (C=O) groups is 2. The number of benzene rings is 1. The van der Waals surface area contributed by atoms with Crippen LogP contribution in [0.15, 0.2) is 24.3 Å². The quantitative estimate of drug-likeness (QED) is 0.749. The third kappa shape index (κ3) is 5.04. The van der Waals surface area contributed by atoms with E-state index in [1.165, 1.54) is 4.90 Å². The number of amides is 2. The van der Waals surface area contributed by atoms with Gasteiger partial charge in [-0.1, -0.05) is 19.1 Å². The molecule has 6 nitrogen and oxygen atoms in total. The van der Waals surface area contributed by atoms with Gasteiger partial charge in [-0.15, -0.1) is 0 Å². The summed E-state index contributed by atoms with van der Waals surface area (Å²) in [5, 5.41) is 11.4. The van der Waals surface area contributed by atoms with Gasteiger partial charge < -0.3 is 20.1 Å². The zero-order valence-corrected chi connectivity index (χ0v) is 13.3. The zero-order chi connectivity index (χ0) is 16.5. The van der Waals surface area contributed by atoms with E-state index in [0.717, 1.165) is 11.3 Å². The molecule has 0 saturated carbocycles. The SMILES string of the molecule is CCC(=O)N(Cc1ccc(OC)cc1)[C@@H](C)C(=O)NCCO. The summed E-state index contributed by atoms with van der Waals surface area (Å²) in [5.41, 5.74) is 0.921. The number of ether oxygens (including phenoxy) is 1. The molecular weight excluding hydrogens is 284 g/mol. The number of hydrogen-bond donors (Lipinski definition) is 2. The van der Waals surface area contributed by atoms with Crippen LogP contribution in [-0.4, -0.2) is 48.1 Å². The fourth-order valence-electron chi connectivity index (χ4n) is 2.04. The van der Waals surface area contributed by atoms with Gasteiger partial charge in [0.1, 0.15) is 11.8 Å². The summed E-state index contributed by atoms with van der Waals surface area (Å²) in [6.07, 6.45) is 0.327. The second kappa shape index (κ2) is 9.04. The van der Waals surface area contributed by atoms with E-state index in [4.69, 9.17) is 9.84 Å². The van der Waals surface area contributed by atoms with Crippen LogP contribution in [-0.2, 0) is 16.1 Å². The molecule has 0 heterocycles. The maximum absolute atomic E-state index is 12.1. The van der Waals surface area contributed by atoms with Crippen molar-refractivity contribution >= 4 is 11.8 Å². The fraction of sp³-hybridized carbons (Fsp3) is 0.500. The van der Waals surface area contributed by atoms with Crippen LogP contribution in [0.25, 0.3) is 0 Å². The van der Waals surface area contributed by atoms with Gasteiger partial charge >= 0.3 is 0 Å². The minimum atomic E-state index is -0.596. The third-order valence-electron chi connectivity index (χ3n) is 3.39. The van der Waals surface area contributed by atoms with Crippen molar-refractivity contribution < 1.29 is 19.4 Å². The number of rotatable bonds is 8. The Hall–Kier alpha value is -2.08. The minimum Gasteiger partial charge on any atom is -0.497 e. The summed E-state index contributed by atoms with van der Waals surface area (Å²) in [4.78, 5) is 25.7. The second-order valence-electron chi connectivity index (χ2n) is 4.91. The Kier molecular flexibility index (Phi) is 7.39. The molecule has 0 saturated heterocycles. The molecule has 0 radical (unpaired) electrons. The summed E-state index contributed by atoms with van der Waals surface area (Å²) >= 11 is 0. The summed E-state index contributed by atoms with van der Waals surface area (Å²) in [5.74, 6) is 0.373. The molecule has 2 N–H and O–H groups in total. The van der Waals surface area contributed by atoms with E-state index in [-0.39, 0.29) is 25.0 Å². The van der Waals surface area contributed by atoms with E-state index in [0.29, 0.717) is 13.0 Å². The Morgan fingerprint density at radius 1 is 1.32 bits per heavy atom. The summed E-state index contributed by atoms with van der Waals surface area (Å²) in [6.45, 7) is 3.86. The van der Waals surface area contributed by atoms with Crippen LogP contribution in [0.4, 0.5) is 0 Å². The average Bonchev–Trinajstić information content (AvgIpc) is 2.56. The van der Waals surface area contributed by atoms with E-state index in [1.54, 1.807) is 21.0 Å². The summed E-state index contributed by atoms with van der Waals surface area (Å²) in [7, 11) is 1.59. The van der Waals surface area contributed by atoms with Crippen LogP contribution < -0.4 is 10.1 Å². The highest BCUT2D eigenvalue weighted by Crippen LogP contribution is 2.15. The number of nitrogens with one attached hydrogen (secondary N) is 1. The molecule has 0 fully saturated rings. The van der Waals surface area contributed by atoms with Crippen molar-refractivity contribution in [1.29, 1.82) is 0 Å². The lowest BCUT2D eigenvalue weighted by atomic mass is 10.1. The van der Waals surface area contributed by atoms with E-state index in [1.807, 2.05) is 24.3 Å². The number of nitrogens with zero attached hydrogens (tertiary/aromatic N) is 1. The van der Waals surface area contributed by atoms with Crippen LogP contribution in [0.1, 0.15) is 25.8 Å². The van der Waals surface area contributed by atoms with Crippen molar-refractivity contribution in [3.63, 3.8) is 0 Å². The smallest absolute Gasteiger partial charge is 0.242 e. The van der Waals surface area contributed by atoms with Gasteiger partial charge in [0.15, 0.2) is 0 Å². The van der Waals surface area contributed by atoms with Gasteiger partial charge in [0.2, 0.25) is 11.8 Å². The normalized spacial score (nSPS) is 11.6. The van der Waals surface area contributed by atoms with Gasteiger partial charge in [-0.3, -0.25) is 9.59 Å². The Bertz CT molecular complexity index is 487. The predicted molar refractivity (Wildman–Crippen MR) is 83.4 cm³/mol. The standard InChI is InChI=1S/C16H24N2O4/c1-4-15(20)18(12(2)16(21)17-9-10-19)11-13-5-7-14(22-3)8-6-13/h5-8,12,19H,4,9-11H2,1-3H3,(H,17,21)/t12-/m0/s1. The molecule has 1 aromatic carbocycles. The zero-order valence-electron chi connectivity index (χ0n) is 13.3. The molecule has 0 aromatic heterocycles. The Labute approximate surface area is 131 Å². The highest BCUT2D eigenvalue weighted by atomic mass is 16.5. The van der Waals surface area contributed by atoms with E-state index >= 15 is 0 Å². The van der Waals surface area contributed by atoms with Gasteiger partial charge in [-0.25, -0.2) is 0 Å². The van der Waals surface area contributed by atoms with Crippen LogP contribution in [0.5, 0.6) is 5.75 Å². The van der Waals surface area contributed by atoms with Crippen molar-refractivity contribution in [3.05, 3.63) is 29.8 Å². The molecule has 122 valence electrons. The highest BCUT2D eigenvalue weighted by molar-refractivity contribution is 5.87. The van der Waals surface area contributed by atoms with Gasteiger partial charge in [0, 0.05) is 19.5 Å². The lowest BCUT2D eigenvalue weighted by Crippen LogP contribution is -2.47. The lowest BCUT2D eigenvalue weighted by molar-refractivity contribution is -0.140. The number of hydrogen-bond acceptors (Lipinski definition) is 4. The molecule has 2 amide bonds. The third-order valence-corrected chi connectivity index (χ3v) is 3.39. The Balaban J connectivity index is 2.83. The largest absolute Gasteiger partial charge is 0.497 e. The number of carbonyl (C=O) groups excluding carboxylic acids is 2. The molecule has 22 heavy (non-hydrogen) atoms. The Morgan fingerprint density at radius 3 is 2.45 bits per heavy atom. The van der Waals surface area contributed by atoms with Crippen LogP contribution in [0, 0.1) is 0 Å². The maximum Gasteiger partial charge on any atom is 0.242 e. The van der Waals surface area contributed by atoms with Crippen LogP contribution in [0.3, 0.4) is 0 Å². The first-order valence-corrected chi connectivity index (χ1v) is 7.34. The number of methoxy groups -OCH3 is 1. The van der Waals surface area contributed by atoms with E-state index in [2.05, 4.69) is 5.32 Å². The van der Waals surface area contributed by atoms with Gasteiger partial charge in [0.05, 0.1) is 13.7 Å². The monoisotopic (exact) mass is 308 g/mol. The molecule has 1 rings (SSSR count). The molecule has 6 heteroatoms. The average molecular weight is 308 g/mol. The first-order chi connectivity index (χ1) is 10.5. The Morgan fingerprint density at radius 2 is 1.95 bits per heavy atom. The molecule has 0 aliphatic carbocycles. The molecule has 0 bridgehead atoms. The molecule has 0 unspecified atom stereocenters. The molecular formula is C16H24N2O4. The molecule has 1 atom stereocenters. The number of aliphatic hydroxyl groups excluding tert-OH is 1. The minimum absolute atomic E-state index is 0.0949. The second-order valence-corrected chi connectivity index (χ2v) is 4.91. The van der Waals surface area contributed by atoms with Gasteiger partial charge in [0.25, 0.3) is 0 Å². The highest BCUT2D eigenvalue weighted by Gasteiger charge is 2.24. The van der Waals surface area contributed by atoms with Gasteiger partial charge in [-0.05, 0) is 24.6 Å². The van der Waals surface area contributed by atoms with Crippen molar-refractivity contribution in [1.82, 2.24) is 10.2 Å². The van der Waals surface area contributed by atoms with Crippen molar-refractivity contribution in [2.24, 2.45) is 0 Å². The molecule has 0 spiro atoms. The predicted octanol–water partition coefficient (Wildman–Crippen LogP) is 0.931.